The number of nitrogens with zero attached hydrogens (tertiary/aromatic N) is 1. The molecular weight excluding hydrogens is 1070 g/mol. The molecule has 0 unspecified atom stereocenters. The summed E-state index contributed by atoms with van der Waals surface area (Å²) in [5.41, 5.74) is -28.0. The molecule has 0 atom stereocenters. The number of hydrogen-bond donors (Lipinski definition) is 1. The second-order valence-corrected chi connectivity index (χ2v) is 16.5. The minimum atomic E-state index is -6.13. The van der Waals surface area contributed by atoms with E-state index in [4.69, 9.17) is 0 Å². The van der Waals surface area contributed by atoms with Crippen molar-refractivity contribution >= 4 is 38.9 Å². The number of pyridine rings is 1. The highest BCUT2D eigenvalue weighted by Gasteiger charge is 2.47. The van der Waals surface area contributed by atoms with Gasteiger partial charge in [0.1, 0.15) is 6.15 Å². The molecule has 0 radical (unpaired) electrons. The molecule has 0 aliphatic heterocycles. The van der Waals surface area contributed by atoms with Gasteiger partial charge in [-0.3, -0.25) is 0 Å². The van der Waals surface area contributed by atoms with Crippen LogP contribution in [0.15, 0.2) is 140 Å². The first-order chi connectivity index (χ1) is 34.1. The Labute approximate surface area is 405 Å². The van der Waals surface area contributed by atoms with Gasteiger partial charge in [-0.25, -0.2) is 0 Å². The summed E-state index contributed by atoms with van der Waals surface area (Å²) in [5.74, 6) is 0.289. The number of benzene rings is 6. The highest BCUT2D eigenvalue weighted by atomic mass is 19.4. The predicted molar refractivity (Wildman–Crippen MR) is 221 cm³/mol. The van der Waals surface area contributed by atoms with E-state index in [-0.39, 0.29) is 5.88 Å². The van der Waals surface area contributed by atoms with Crippen LogP contribution in [0, 0.1) is 0 Å². The Morgan fingerprint density at radius 1 is 0.307 bits per heavy atom. The Hall–Kier alpha value is -7.09. The lowest BCUT2D eigenvalue weighted by atomic mass is 9.12. The lowest BCUT2D eigenvalue weighted by Crippen LogP contribution is -2.75. The Kier molecular flexibility index (Phi) is 14.9. The molecule has 0 spiro atoms. The molecule has 400 valence electrons. The van der Waals surface area contributed by atoms with E-state index in [0.29, 0.717) is 6.54 Å². The van der Waals surface area contributed by atoms with E-state index in [9.17, 15) is 110 Å². The SMILES string of the molecule is FC(F)(F)c1cc([B-](c2cc(C(F)(F)F)cc(C(F)(F)F)c2)(c2cc(C(F)(F)F)cc(C(F)(F)F)c2)c2cc(C(F)(F)F)cc(C(F)(F)F)c2)cc(C(F)(F)F)c1.Oc1ccc2ccccc2[n+]1Cc1ccccc1. The molecule has 1 aromatic heterocycles. The van der Waals surface area contributed by atoms with Crippen LogP contribution in [-0.4, -0.2) is 11.3 Å². The zero-order chi connectivity index (χ0) is 56.3. The van der Waals surface area contributed by atoms with Crippen LogP contribution in [0.3, 0.4) is 0 Å². The zero-order valence-electron chi connectivity index (χ0n) is 36.5. The lowest BCUT2D eigenvalue weighted by molar-refractivity contribution is -0.668. The van der Waals surface area contributed by atoms with Gasteiger partial charge in [0.2, 0.25) is 5.52 Å². The number of aromatic nitrogens is 1. The van der Waals surface area contributed by atoms with Crippen molar-refractivity contribution in [1.82, 2.24) is 0 Å². The van der Waals surface area contributed by atoms with Gasteiger partial charge in [-0.05, 0) is 36.4 Å². The molecule has 27 heteroatoms. The molecule has 0 aliphatic carbocycles. The average molecular weight is 1100 g/mol. The molecule has 0 saturated heterocycles. The monoisotopic (exact) mass is 1100 g/mol. The third-order valence-electron chi connectivity index (χ3n) is 11.5. The summed E-state index contributed by atoms with van der Waals surface area (Å²) in [7, 11) is 0. The Morgan fingerprint density at radius 3 is 0.827 bits per heavy atom. The van der Waals surface area contributed by atoms with Crippen molar-refractivity contribution in [3.8, 4) is 5.88 Å². The van der Waals surface area contributed by atoms with Crippen molar-refractivity contribution in [1.29, 1.82) is 0 Å². The summed E-state index contributed by atoms with van der Waals surface area (Å²) >= 11 is 0. The maximum absolute atomic E-state index is 14.2. The third kappa shape index (κ3) is 12.7. The van der Waals surface area contributed by atoms with E-state index in [0.717, 1.165) is 10.9 Å². The molecule has 1 heterocycles. The minimum Gasteiger partial charge on any atom is -0.460 e. The van der Waals surface area contributed by atoms with Crippen LogP contribution in [0.1, 0.15) is 50.1 Å². The molecule has 0 saturated carbocycles. The molecule has 0 aliphatic rings. The van der Waals surface area contributed by atoms with Gasteiger partial charge < -0.3 is 5.11 Å². The van der Waals surface area contributed by atoms with E-state index < -0.39 is 195 Å². The number of aromatic hydroxyl groups is 1. The molecule has 7 rings (SSSR count). The van der Waals surface area contributed by atoms with Crippen LogP contribution in [0.5, 0.6) is 5.88 Å². The maximum Gasteiger partial charge on any atom is 0.416 e. The number of rotatable bonds is 6. The van der Waals surface area contributed by atoms with Gasteiger partial charge in [0.05, 0.1) is 50.6 Å². The number of alkyl halides is 24. The van der Waals surface area contributed by atoms with Crippen molar-refractivity contribution in [3.63, 3.8) is 0 Å². The molecule has 75 heavy (non-hydrogen) atoms. The van der Waals surface area contributed by atoms with E-state index in [1.165, 1.54) is 5.56 Å². The van der Waals surface area contributed by atoms with E-state index in [1.807, 2.05) is 47.0 Å². The smallest absolute Gasteiger partial charge is 0.416 e. The van der Waals surface area contributed by atoms with E-state index in [2.05, 4.69) is 18.2 Å². The maximum atomic E-state index is 14.2. The van der Waals surface area contributed by atoms with Crippen molar-refractivity contribution in [2.75, 3.05) is 0 Å². The molecule has 1 N–H and O–H groups in total. The summed E-state index contributed by atoms with van der Waals surface area (Å²) in [6.07, 6.45) is -54.8. The van der Waals surface area contributed by atoms with Crippen LogP contribution in [-0.2, 0) is 56.0 Å². The van der Waals surface area contributed by atoms with Gasteiger partial charge in [0.25, 0.3) is 0 Å². The van der Waals surface area contributed by atoms with E-state index >= 15 is 0 Å². The van der Waals surface area contributed by atoms with Gasteiger partial charge in [-0.2, -0.15) is 132 Å². The molecule has 0 bridgehead atoms. The lowest BCUT2D eigenvalue weighted by Gasteiger charge is -2.46. The average Bonchev–Trinajstić information content (AvgIpc) is 3.28. The van der Waals surface area contributed by atoms with Crippen molar-refractivity contribution < 1.29 is 115 Å². The highest BCUT2D eigenvalue weighted by molar-refractivity contribution is 7.20. The molecular formula is C48H26BF24NO. The topological polar surface area (TPSA) is 24.1 Å². The number of para-hydroxylation sites is 1. The minimum absolute atomic E-state index is 0.289. The van der Waals surface area contributed by atoms with Crippen molar-refractivity contribution in [2.45, 2.75) is 56.0 Å². The molecule has 2 nitrogen and oxygen atoms in total. The van der Waals surface area contributed by atoms with Gasteiger partial charge >= 0.3 is 55.3 Å². The molecule has 7 aromatic rings. The van der Waals surface area contributed by atoms with Gasteiger partial charge in [-0.1, -0.05) is 91.0 Å². The Bertz CT molecular complexity index is 2760. The fourth-order valence-corrected chi connectivity index (χ4v) is 8.25. The fraction of sp³-hybridized carbons (Fsp3) is 0.188. The van der Waals surface area contributed by atoms with Crippen LogP contribution in [0.25, 0.3) is 10.9 Å². The molecule has 0 fully saturated rings. The van der Waals surface area contributed by atoms with Gasteiger partial charge in [-0.15, -0.1) is 0 Å². The Balaban J connectivity index is 0.000000421. The molecule has 0 amide bonds. The summed E-state index contributed by atoms with van der Waals surface area (Å²) in [5, 5.41) is 11.2. The quantitative estimate of drug-likeness (QED) is 0.100. The van der Waals surface area contributed by atoms with Crippen molar-refractivity contribution in [2.24, 2.45) is 0 Å². The van der Waals surface area contributed by atoms with Crippen LogP contribution < -0.4 is 26.4 Å². The molecule has 6 aromatic carbocycles. The fourth-order valence-electron chi connectivity index (χ4n) is 8.25. The summed E-state index contributed by atoms with van der Waals surface area (Å²) in [4.78, 5) is 0. The Morgan fingerprint density at radius 2 is 0.560 bits per heavy atom. The highest BCUT2D eigenvalue weighted by Crippen LogP contribution is 2.41. The van der Waals surface area contributed by atoms with Gasteiger partial charge in [0, 0.05) is 17.0 Å². The number of fused-ring (bicyclic) bond motifs is 1. The largest absolute Gasteiger partial charge is 0.460 e. The third-order valence-corrected chi connectivity index (χ3v) is 11.5. The van der Waals surface area contributed by atoms with Crippen LogP contribution in [0.4, 0.5) is 105 Å². The second-order valence-electron chi connectivity index (χ2n) is 16.5. The van der Waals surface area contributed by atoms with Crippen LogP contribution in [0.2, 0.25) is 0 Å². The first kappa shape index (κ1) is 57.2. The zero-order valence-corrected chi connectivity index (χ0v) is 36.5. The van der Waals surface area contributed by atoms with E-state index in [1.54, 1.807) is 6.07 Å². The first-order valence-corrected chi connectivity index (χ1v) is 20.6. The summed E-state index contributed by atoms with van der Waals surface area (Å²) in [6.45, 7) is 0.675. The standard InChI is InChI=1S/C32H12BF24.C16H13NO/c34-25(35,36)13-1-14(26(37,38)39)6-21(5-13)33(22-7-15(27(40,41)42)2-16(8-22)28(43,44)45,23-9-17(29(46,47)48)3-18(10-23)30(49,50)51)24-11-19(31(52,53)54)4-20(12-24)32(55,56)57;18-16-11-10-14-8-4-5-9-15(14)17(16)12-13-6-2-1-3-7-13/h1-12H;1-11H,12H2/q-1;/p+1. The van der Waals surface area contributed by atoms with Crippen molar-refractivity contribution in [3.05, 3.63) is 190 Å². The second kappa shape index (κ2) is 19.6. The number of hydrogen-bond acceptors (Lipinski definition) is 1. The normalized spacial score (nSPS) is 13.4. The summed E-state index contributed by atoms with van der Waals surface area (Å²) in [6, 6.07) is 13.1. The van der Waals surface area contributed by atoms with Gasteiger partial charge in [0.15, 0.2) is 6.54 Å². The predicted octanol–water partition coefficient (Wildman–Crippen LogP) is 14.1. The summed E-state index contributed by atoms with van der Waals surface area (Å²) < 4.78 is 343. The number of halogens is 24. The van der Waals surface area contributed by atoms with Crippen LogP contribution >= 0.6 is 0 Å². The first-order valence-electron chi connectivity index (χ1n) is 20.6.